The highest BCUT2D eigenvalue weighted by Crippen LogP contribution is 2.18. The average molecular weight is 300 g/mol. The van der Waals surface area contributed by atoms with Gasteiger partial charge in [-0.15, -0.1) is 0 Å². The molecule has 6 heteroatoms. The van der Waals surface area contributed by atoms with Crippen LogP contribution in [0.3, 0.4) is 0 Å². The van der Waals surface area contributed by atoms with Crippen molar-refractivity contribution < 1.29 is 9.59 Å². The van der Waals surface area contributed by atoms with Crippen molar-refractivity contribution in [1.29, 1.82) is 5.26 Å². The van der Waals surface area contributed by atoms with E-state index in [1.165, 1.54) is 0 Å². The fourth-order valence-electron chi connectivity index (χ4n) is 1.99. The number of amides is 2. The number of hydrogen-bond acceptors (Lipinski definition) is 4. The molecule has 0 unspecified atom stereocenters. The molecule has 0 spiro atoms. The molecule has 2 N–H and O–H groups in total. The predicted molar refractivity (Wildman–Crippen MR) is 83.0 cm³/mol. The number of hydrogen-bond donors (Lipinski definition) is 2. The van der Waals surface area contributed by atoms with Crippen molar-refractivity contribution in [1.82, 2.24) is 10.2 Å². The van der Waals surface area contributed by atoms with E-state index in [9.17, 15) is 9.59 Å². The van der Waals surface area contributed by atoms with Crippen LogP contribution in [0.4, 0.5) is 5.69 Å². The number of nitrogens with zero attached hydrogens (tertiary/aromatic N) is 2. The smallest absolute Gasteiger partial charge is 0.241 e. The van der Waals surface area contributed by atoms with Crippen LogP contribution in [0.1, 0.15) is 25.3 Å². The SMILES string of the molecule is C[C@H](C(=O)Nc1ccccc1C#N)N(C)CC(=O)NC1CC1. The second kappa shape index (κ2) is 7.05. The molecule has 1 aliphatic carbocycles. The molecule has 1 aliphatic rings. The first-order valence-electron chi connectivity index (χ1n) is 7.31. The molecule has 0 heterocycles. The van der Waals surface area contributed by atoms with Gasteiger partial charge in [0, 0.05) is 6.04 Å². The van der Waals surface area contributed by atoms with E-state index >= 15 is 0 Å². The summed E-state index contributed by atoms with van der Waals surface area (Å²) in [6, 6.07) is 8.70. The molecule has 1 fully saturated rings. The molecule has 0 saturated heterocycles. The summed E-state index contributed by atoms with van der Waals surface area (Å²) in [5.74, 6) is -0.313. The second-order valence-electron chi connectivity index (χ2n) is 5.58. The van der Waals surface area contributed by atoms with E-state index < -0.39 is 6.04 Å². The molecule has 1 saturated carbocycles. The average Bonchev–Trinajstić information content (AvgIpc) is 3.30. The van der Waals surface area contributed by atoms with Crippen molar-refractivity contribution in [3.05, 3.63) is 29.8 Å². The number of anilines is 1. The lowest BCUT2D eigenvalue weighted by Crippen LogP contribution is -2.45. The van der Waals surface area contributed by atoms with E-state index in [1.807, 2.05) is 6.07 Å². The van der Waals surface area contributed by atoms with Crippen LogP contribution in [0, 0.1) is 11.3 Å². The summed E-state index contributed by atoms with van der Waals surface area (Å²) in [7, 11) is 1.73. The third-order valence-electron chi connectivity index (χ3n) is 3.68. The van der Waals surface area contributed by atoms with Gasteiger partial charge in [-0.2, -0.15) is 5.26 Å². The van der Waals surface area contributed by atoms with Crippen molar-refractivity contribution in [2.24, 2.45) is 0 Å². The number of carbonyl (C=O) groups excluding carboxylic acids is 2. The minimum absolute atomic E-state index is 0.0675. The largest absolute Gasteiger partial charge is 0.352 e. The molecular weight excluding hydrogens is 280 g/mol. The zero-order valence-corrected chi connectivity index (χ0v) is 12.8. The van der Waals surface area contributed by atoms with E-state index in [0.717, 1.165) is 12.8 Å². The molecule has 116 valence electrons. The van der Waals surface area contributed by atoms with Gasteiger partial charge in [0.15, 0.2) is 0 Å². The third kappa shape index (κ3) is 4.30. The molecule has 2 rings (SSSR count). The minimum Gasteiger partial charge on any atom is -0.352 e. The van der Waals surface area contributed by atoms with Gasteiger partial charge < -0.3 is 10.6 Å². The van der Waals surface area contributed by atoms with Gasteiger partial charge in [0.1, 0.15) is 6.07 Å². The molecule has 2 amide bonds. The molecule has 0 radical (unpaired) electrons. The van der Waals surface area contributed by atoms with Gasteiger partial charge in [-0.05, 0) is 38.9 Å². The van der Waals surface area contributed by atoms with Crippen molar-refractivity contribution in [3.8, 4) is 6.07 Å². The van der Waals surface area contributed by atoms with Crippen LogP contribution in [0.15, 0.2) is 24.3 Å². The first-order chi connectivity index (χ1) is 10.5. The Morgan fingerprint density at radius 1 is 1.41 bits per heavy atom. The van der Waals surface area contributed by atoms with Crippen LogP contribution in [0.25, 0.3) is 0 Å². The number of benzene rings is 1. The Balaban J connectivity index is 1.90. The van der Waals surface area contributed by atoms with Gasteiger partial charge in [-0.25, -0.2) is 0 Å². The molecule has 6 nitrogen and oxygen atoms in total. The van der Waals surface area contributed by atoms with E-state index in [4.69, 9.17) is 5.26 Å². The van der Waals surface area contributed by atoms with Gasteiger partial charge in [0.05, 0.1) is 23.8 Å². The van der Waals surface area contributed by atoms with E-state index in [2.05, 4.69) is 10.6 Å². The summed E-state index contributed by atoms with van der Waals surface area (Å²) < 4.78 is 0. The highest BCUT2D eigenvalue weighted by atomic mass is 16.2. The predicted octanol–water partition coefficient (Wildman–Crippen LogP) is 1.10. The first kappa shape index (κ1) is 16.0. The van der Waals surface area contributed by atoms with Crippen LogP contribution in [0.2, 0.25) is 0 Å². The normalized spacial score (nSPS) is 15.0. The molecule has 22 heavy (non-hydrogen) atoms. The standard InChI is InChI=1S/C16H20N4O2/c1-11(20(2)10-15(21)18-13-7-8-13)16(22)19-14-6-4-3-5-12(14)9-17/h3-6,11,13H,7-8,10H2,1-2H3,(H,18,21)(H,19,22)/t11-/m1/s1. The Labute approximate surface area is 130 Å². The Morgan fingerprint density at radius 3 is 2.73 bits per heavy atom. The maximum Gasteiger partial charge on any atom is 0.241 e. The lowest BCUT2D eigenvalue weighted by molar-refractivity contribution is -0.124. The van der Waals surface area contributed by atoms with Crippen LogP contribution in [0.5, 0.6) is 0 Å². The van der Waals surface area contributed by atoms with Gasteiger partial charge >= 0.3 is 0 Å². The maximum absolute atomic E-state index is 12.2. The summed E-state index contributed by atoms with van der Waals surface area (Å²) in [5, 5.41) is 14.6. The fraction of sp³-hybridized carbons (Fsp3) is 0.438. The quantitative estimate of drug-likeness (QED) is 0.823. The minimum atomic E-state index is -0.475. The number of nitrogens with one attached hydrogen (secondary N) is 2. The van der Waals surface area contributed by atoms with Gasteiger partial charge in [0.2, 0.25) is 11.8 Å². The molecule has 0 bridgehead atoms. The van der Waals surface area contributed by atoms with Crippen molar-refractivity contribution in [2.45, 2.75) is 31.8 Å². The van der Waals surface area contributed by atoms with Crippen LogP contribution in [-0.2, 0) is 9.59 Å². The molecule has 1 aromatic rings. The number of likely N-dealkylation sites (N-methyl/N-ethyl adjacent to an activating group) is 1. The molecule has 1 atom stereocenters. The van der Waals surface area contributed by atoms with E-state index in [0.29, 0.717) is 17.3 Å². The second-order valence-corrected chi connectivity index (χ2v) is 5.58. The lowest BCUT2D eigenvalue weighted by Gasteiger charge is -2.23. The van der Waals surface area contributed by atoms with Gasteiger partial charge in [0.25, 0.3) is 0 Å². The molecule has 0 aromatic heterocycles. The summed E-state index contributed by atoms with van der Waals surface area (Å²) >= 11 is 0. The van der Waals surface area contributed by atoms with Crippen molar-refractivity contribution >= 4 is 17.5 Å². The van der Waals surface area contributed by atoms with E-state index in [-0.39, 0.29) is 18.4 Å². The Kier molecular flexibility index (Phi) is 5.12. The Morgan fingerprint density at radius 2 is 2.09 bits per heavy atom. The highest BCUT2D eigenvalue weighted by Gasteiger charge is 2.25. The fourth-order valence-corrected chi connectivity index (χ4v) is 1.99. The van der Waals surface area contributed by atoms with Crippen LogP contribution >= 0.6 is 0 Å². The first-order valence-corrected chi connectivity index (χ1v) is 7.31. The lowest BCUT2D eigenvalue weighted by atomic mass is 10.2. The Hall–Kier alpha value is -2.39. The van der Waals surface area contributed by atoms with Gasteiger partial charge in [-0.1, -0.05) is 12.1 Å². The maximum atomic E-state index is 12.2. The number of nitriles is 1. The van der Waals surface area contributed by atoms with Crippen molar-refractivity contribution in [2.75, 3.05) is 18.9 Å². The number of rotatable bonds is 6. The molecule has 0 aliphatic heterocycles. The monoisotopic (exact) mass is 300 g/mol. The summed E-state index contributed by atoms with van der Waals surface area (Å²) in [4.78, 5) is 25.7. The molecule has 1 aromatic carbocycles. The van der Waals surface area contributed by atoms with Crippen LogP contribution in [-0.4, -0.2) is 42.4 Å². The third-order valence-corrected chi connectivity index (χ3v) is 3.68. The summed E-state index contributed by atoms with van der Waals surface area (Å²) in [6.07, 6.45) is 2.08. The Bertz CT molecular complexity index is 604. The summed E-state index contributed by atoms with van der Waals surface area (Å²) in [6.45, 7) is 1.90. The zero-order chi connectivity index (χ0) is 16.1. The zero-order valence-electron chi connectivity index (χ0n) is 12.8. The van der Waals surface area contributed by atoms with Gasteiger partial charge in [-0.3, -0.25) is 14.5 Å². The van der Waals surface area contributed by atoms with Crippen molar-refractivity contribution in [3.63, 3.8) is 0 Å². The number of para-hydroxylation sites is 1. The summed E-state index contributed by atoms with van der Waals surface area (Å²) in [5.41, 5.74) is 0.898. The van der Waals surface area contributed by atoms with Crippen LogP contribution < -0.4 is 10.6 Å². The van der Waals surface area contributed by atoms with E-state index in [1.54, 1.807) is 43.1 Å². The molecular formula is C16H20N4O2. The topological polar surface area (TPSA) is 85.2 Å². The number of carbonyl (C=O) groups is 2. The highest BCUT2D eigenvalue weighted by molar-refractivity contribution is 5.96.